The fourth-order valence-electron chi connectivity index (χ4n) is 2.52. The number of sulfonamides is 1. The van der Waals surface area contributed by atoms with Crippen molar-refractivity contribution in [2.75, 3.05) is 11.9 Å². The second kappa shape index (κ2) is 10.0. The van der Waals surface area contributed by atoms with Crippen molar-refractivity contribution in [1.29, 1.82) is 0 Å². The molecule has 0 bridgehead atoms. The first-order chi connectivity index (χ1) is 13.7. The number of rotatable bonds is 9. The number of carbonyl (C=O) groups excluding carboxylic acids is 2. The smallest absolute Gasteiger partial charge is 0.306 e. The van der Waals surface area contributed by atoms with Gasteiger partial charge < -0.3 is 14.8 Å². The van der Waals surface area contributed by atoms with E-state index in [1.165, 1.54) is 31.2 Å². The highest BCUT2D eigenvalue weighted by atomic mass is 32.2. The summed E-state index contributed by atoms with van der Waals surface area (Å²) in [6, 6.07) is 12.8. The summed E-state index contributed by atoms with van der Waals surface area (Å²) in [6.07, 6.45) is -0.481. The largest absolute Gasteiger partial charge is 0.494 e. The topological polar surface area (TPSA) is 125 Å². The molecule has 3 N–H and O–H groups in total. The fourth-order valence-corrected chi connectivity index (χ4v) is 3.04. The van der Waals surface area contributed by atoms with Gasteiger partial charge in [-0.3, -0.25) is 9.59 Å². The second-order valence-electron chi connectivity index (χ2n) is 6.23. The number of hydrogen-bond donors (Lipinski definition) is 2. The third-order valence-corrected chi connectivity index (χ3v) is 4.93. The molecular formula is C20H24N2O6S. The first-order valence-electron chi connectivity index (χ1n) is 9.04. The van der Waals surface area contributed by atoms with Crippen molar-refractivity contribution in [3.63, 3.8) is 0 Å². The van der Waals surface area contributed by atoms with Crippen LogP contribution in [0.5, 0.6) is 5.75 Å². The summed E-state index contributed by atoms with van der Waals surface area (Å²) in [5, 5.41) is 7.58. The van der Waals surface area contributed by atoms with Gasteiger partial charge in [0.15, 0.2) is 6.10 Å². The number of aryl methyl sites for hydroxylation is 1. The van der Waals surface area contributed by atoms with Crippen LogP contribution in [0.15, 0.2) is 53.4 Å². The summed E-state index contributed by atoms with van der Waals surface area (Å²) in [5.41, 5.74) is 1.24. The van der Waals surface area contributed by atoms with Crippen LogP contribution in [0, 0.1) is 0 Å². The van der Waals surface area contributed by atoms with Crippen LogP contribution in [-0.4, -0.2) is 33.0 Å². The van der Waals surface area contributed by atoms with Gasteiger partial charge in [0.2, 0.25) is 10.0 Å². The van der Waals surface area contributed by atoms with Crippen LogP contribution in [-0.2, 0) is 30.8 Å². The van der Waals surface area contributed by atoms with Crippen molar-refractivity contribution < 1.29 is 27.5 Å². The fraction of sp³-hybridized carbons (Fsp3) is 0.300. The van der Waals surface area contributed by atoms with Crippen molar-refractivity contribution in [2.24, 2.45) is 5.14 Å². The third-order valence-electron chi connectivity index (χ3n) is 4.00. The number of carbonyl (C=O) groups is 2. The Morgan fingerprint density at radius 3 is 2.38 bits per heavy atom. The van der Waals surface area contributed by atoms with Gasteiger partial charge in [0, 0.05) is 12.1 Å². The van der Waals surface area contributed by atoms with Gasteiger partial charge in [0.1, 0.15) is 5.75 Å². The van der Waals surface area contributed by atoms with Gasteiger partial charge in [-0.1, -0.05) is 18.2 Å². The molecule has 0 saturated carbocycles. The van der Waals surface area contributed by atoms with Crippen molar-refractivity contribution in [3.05, 3.63) is 54.1 Å². The van der Waals surface area contributed by atoms with E-state index in [1.54, 1.807) is 0 Å². The quantitative estimate of drug-likeness (QED) is 0.600. The highest BCUT2D eigenvalue weighted by Crippen LogP contribution is 2.20. The van der Waals surface area contributed by atoms with Gasteiger partial charge in [0.05, 0.1) is 11.5 Å². The van der Waals surface area contributed by atoms with E-state index in [1.807, 2.05) is 31.2 Å². The molecule has 156 valence electrons. The zero-order valence-corrected chi connectivity index (χ0v) is 17.1. The normalized spacial score (nSPS) is 12.1. The summed E-state index contributed by atoms with van der Waals surface area (Å²) in [7, 11) is -3.81. The summed E-state index contributed by atoms with van der Waals surface area (Å²) < 4.78 is 33.2. The van der Waals surface area contributed by atoms with E-state index in [0.29, 0.717) is 18.7 Å². The lowest BCUT2D eigenvalue weighted by Gasteiger charge is -2.14. The number of primary sulfonamides is 1. The molecule has 29 heavy (non-hydrogen) atoms. The summed E-state index contributed by atoms with van der Waals surface area (Å²) in [5.74, 6) is -0.323. The van der Waals surface area contributed by atoms with Crippen LogP contribution in [0.2, 0.25) is 0 Å². The molecule has 0 radical (unpaired) electrons. The highest BCUT2D eigenvalue weighted by molar-refractivity contribution is 7.89. The maximum absolute atomic E-state index is 12.2. The molecule has 0 aromatic heterocycles. The minimum absolute atomic E-state index is 0.0673. The lowest BCUT2D eigenvalue weighted by Crippen LogP contribution is -2.30. The average Bonchev–Trinajstić information content (AvgIpc) is 2.67. The Hall–Kier alpha value is -2.91. The summed E-state index contributed by atoms with van der Waals surface area (Å²) in [4.78, 5) is 24.2. The molecule has 0 aliphatic carbocycles. The van der Waals surface area contributed by atoms with E-state index in [2.05, 4.69) is 5.32 Å². The van der Waals surface area contributed by atoms with Gasteiger partial charge in [-0.15, -0.1) is 0 Å². The number of anilines is 1. The second-order valence-corrected chi connectivity index (χ2v) is 7.79. The Bertz CT molecular complexity index is 957. The van der Waals surface area contributed by atoms with Gasteiger partial charge >= 0.3 is 5.97 Å². The predicted octanol–water partition coefficient (Wildman–Crippen LogP) is 2.24. The lowest BCUT2D eigenvalue weighted by atomic mass is 10.1. The van der Waals surface area contributed by atoms with Crippen LogP contribution in [0.4, 0.5) is 5.69 Å². The highest BCUT2D eigenvalue weighted by Gasteiger charge is 2.18. The van der Waals surface area contributed by atoms with E-state index < -0.39 is 28.0 Å². The number of benzene rings is 2. The average molecular weight is 420 g/mol. The van der Waals surface area contributed by atoms with Gasteiger partial charge in [-0.25, -0.2) is 13.6 Å². The zero-order valence-electron chi connectivity index (χ0n) is 16.3. The maximum Gasteiger partial charge on any atom is 0.306 e. The molecule has 0 heterocycles. The van der Waals surface area contributed by atoms with Crippen LogP contribution in [0.3, 0.4) is 0 Å². The van der Waals surface area contributed by atoms with E-state index in [9.17, 15) is 18.0 Å². The Labute approximate surface area is 170 Å². The molecule has 2 aromatic carbocycles. The van der Waals surface area contributed by atoms with E-state index in [0.717, 1.165) is 11.3 Å². The minimum atomic E-state index is -3.81. The number of amides is 1. The number of nitrogens with one attached hydrogen (secondary N) is 1. The van der Waals surface area contributed by atoms with Gasteiger partial charge in [0.25, 0.3) is 5.91 Å². The molecule has 8 nitrogen and oxygen atoms in total. The molecule has 9 heteroatoms. The molecule has 1 amide bonds. The molecule has 0 aliphatic rings. The number of para-hydroxylation sites is 1. The third kappa shape index (κ3) is 6.88. The first kappa shape index (κ1) is 22.4. The molecule has 0 fully saturated rings. The lowest BCUT2D eigenvalue weighted by molar-refractivity contribution is -0.153. The molecule has 0 aliphatic heterocycles. The standard InChI is InChI=1S/C20H24N2O6S/c1-3-27-18-7-5-4-6-15(18)8-13-19(23)28-14(2)20(24)22-16-9-11-17(12-10-16)29(21,25)26/h4-7,9-12,14H,3,8,13H2,1-2H3,(H,22,24)(H2,21,25,26)/t14-/m0/s1. The Balaban J connectivity index is 1.86. The first-order valence-corrected chi connectivity index (χ1v) is 10.6. The zero-order chi connectivity index (χ0) is 21.4. The molecule has 0 unspecified atom stereocenters. The summed E-state index contributed by atoms with van der Waals surface area (Å²) in [6.45, 7) is 3.87. The number of ether oxygens (including phenoxy) is 2. The van der Waals surface area contributed by atoms with E-state index in [-0.39, 0.29) is 11.3 Å². The van der Waals surface area contributed by atoms with Crippen molar-refractivity contribution >= 4 is 27.6 Å². The SMILES string of the molecule is CCOc1ccccc1CCC(=O)O[C@@H](C)C(=O)Nc1ccc(S(N)(=O)=O)cc1. The van der Waals surface area contributed by atoms with Crippen molar-refractivity contribution in [1.82, 2.24) is 0 Å². The predicted molar refractivity (Wildman–Crippen MR) is 108 cm³/mol. The monoisotopic (exact) mass is 420 g/mol. The number of nitrogens with two attached hydrogens (primary N) is 1. The van der Waals surface area contributed by atoms with Crippen LogP contribution >= 0.6 is 0 Å². The van der Waals surface area contributed by atoms with Gasteiger partial charge in [-0.2, -0.15) is 0 Å². The van der Waals surface area contributed by atoms with Crippen molar-refractivity contribution in [3.8, 4) is 5.75 Å². The molecule has 0 spiro atoms. The molecule has 2 aromatic rings. The molecule has 1 atom stereocenters. The number of hydrogen-bond acceptors (Lipinski definition) is 6. The molecule has 2 rings (SSSR count). The summed E-state index contributed by atoms with van der Waals surface area (Å²) >= 11 is 0. The van der Waals surface area contributed by atoms with Crippen molar-refractivity contribution in [2.45, 2.75) is 37.7 Å². The Morgan fingerprint density at radius 1 is 1.10 bits per heavy atom. The maximum atomic E-state index is 12.2. The van der Waals surface area contributed by atoms with Crippen LogP contribution < -0.4 is 15.2 Å². The van der Waals surface area contributed by atoms with E-state index in [4.69, 9.17) is 14.6 Å². The van der Waals surface area contributed by atoms with Crippen LogP contribution in [0.25, 0.3) is 0 Å². The van der Waals surface area contributed by atoms with Crippen LogP contribution in [0.1, 0.15) is 25.8 Å². The van der Waals surface area contributed by atoms with E-state index >= 15 is 0 Å². The number of esters is 1. The Morgan fingerprint density at radius 2 is 1.76 bits per heavy atom. The van der Waals surface area contributed by atoms with Gasteiger partial charge in [-0.05, 0) is 56.2 Å². The Kier molecular flexibility index (Phi) is 7.74. The molecular weight excluding hydrogens is 396 g/mol. The minimum Gasteiger partial charge on any atom is -0.494 e. The molecule has 0 saturated heterocycles.